The Bertz CT molecular complexity index is 649. The van der Waals surface area contributed by atoms with E-state index in [4.69, 9.17) is 0 Å². The predicted octanol–water partition coefficient (Wildman–Crippen LogP) is 3.17. The fraction of sp³-hybridized carbons (Fsp3) is 0.0714. The summed E-state index contributed by atoms with van der Waals surface area (Å²) in [6.07, 6.45) is -3.24. The van der Waals surface area contributed by atoms with Gasteiger partial charge in [-0.3, -0.25) is 14.6 Å². The van der Waals surface area contributed by atoms with Crippen LogP contribution in [0.3, 0.4) is 0 Å². The molecule has 2 aromatic rings. The zero-order chi connectivity index (χ0) is 15.5. The Hall–Kier alpha value is -2.70. The lowest BCUT2D eigenvalue weighted by Gasteiger charge is -2.07. The Kier molecular flexibility index (Phi) is 4.02. The summed E-state index contributed by atoms with van der Waals surface area (Å²) in [7, 11) is 0. The van der Waals surface area contributed by atoms with Gasteiger partial charge in [0.1, 0.15) is 12.0 Å². The minimum absolute atomic E-state index is 0.137. The summed E-state index contributed by atoms with van der Waals surface area (Å²) < 4.78 is 37.1. The molecule has 0 aliphatic heterocycles. The summed E-state index contributed by atoms with van der Waals surface area (Å²) in [4.78, 5) is 25.8. The fourth-order valence-electron chi connectivity index (χ4n) is 1.54. The number of benzene rings is 1. The Morgan fingerprint density at radius 3 is 2.24 bits per heavy atom. The van der Waals surface area contributed by atoms with E-state index in [9.17, 15) is 22.8 Å². The lowest BCUT2D eigenvalue weighted by molar-refractivity contribution is -0.137. The number of hydrogen-bond donors (Lipinski definition) is 1. The first-order valence-corrected chi connectivity index (χ1v) is 5.80. The monoisotopic (exact) mass is 294 g/mol. The third kappa shape index (κ3) is 3.65. The molecule has 4 nitrogen and oxygen atoms in total. The minimum atomic E-state index is -4.49. The van der Waals surface area contributed by atoms with Gasteiger partial charge < -0.3 is 5.32 Å². The van der Waals surface area contributed by atoms with Crippen molar-refractivity contribution in [3.05, 3.63) is 59.4 Å². The molecule has 108 valence electrons. The van der Waals surface area contributed by atoms with Gasteiger partial charge >= 0.3 is 6.18 Å². The molecule has 7 heteroatoms. The van der Waals surface area contributed by atoms with Crippen LogP contribution < -0.4 is 5.32 Å². The molecule has 1 aromatic heterocycles. The number of aldehydes is 1. The maximum Gasteiger partial charge on any atom is 0.417 e. The summed E-state index contributed by atoms with van der Waals surface area (Å²) in [5.41, 5.74) is -0.204. The second-order valence-electron chi connectivity index (χ2n) is 4.12. The van der Waals surface area contributed by atoms with Gasteiger partial charge in [0.2, 0.25) is 0 Å². The molecule has 2 rings (SSSR count). The van der Waals surface area contributed by atoms with Gasteiger partial charge in [-0.2, -0.15) is 13.2 Å². The average Bonchev–Trinajstić information content (AvgIpc) is 2.47. The Labute approximate surface area is 117 Å². The van der Waals surface area contributed by atoms with Crippen molar-refractivity contribution < 1.29 is 22.8 Å². The van der Waals surface area contributed by atoms with E-state index in [-0.39, 0.29) is 5.69 Å². The number of carbonyl (C=O) groups excluding carboxylic acids is 2. The highest BCUT2D eigenvalue weighted by molar-refractivity contribution is 6.02. The van der Waals surface area contributed by atoms with E-state index in [1.54, 1.807) is 0 Å². The standard InChI is InChI=1S/C14H9F3N2O2/c15-14(16,17)10-3-6-12(18-7-10)13(21)19-11-4-1-9(8-20)2-5-11/h1-8H,(H,19,21). The molecule has 0 atom stereocenters. The Morgan fingerprint density at radius 2 is 1.76 bits per heavy atom. The van der Waals surface area contributed by atoms with Gasteiger partial charge in [0.15, 0.2) is 0 Å². The zero-order valence-electron chi connectivity index (χ0n) is 10.5. The van der Waals surface area contributed by atoms with Crippen molar-refractivity contribution in [1.29, 1.82) is 0 Å². The van der Waals surface area contributed by atoms with Crippen LogP contribution in [-0.2, 0) is 6.18 Å². The topological polar surface area (TPSA) is 59.1 Å². The van der Waals surface area contributed by atoms with Crippen molar-refractivity contribution in [1.82, 2.24) is 4.98 Å². The number of hydrogen-bond acceptors (Lipinski definition) is 3. The average molecular weight is 294 g/mol. The molecule has 0 radical (unpaired) electrons. The number of amides is 1. The molecule has 0 aliphatic carbocycles. The molecule has 0 saturated carbocycles. The molecule has 0 bridgehead atoms. The maximum atomic E-state index is 12.4. The van der Waals surface area contributed by atoms with Crippen molar-refractivity contribution in [3.8, 4) is 0 Å². The number of nitrogens with one attached hydrogen (secondary N) is 1. The second kappa shape index (κ2) is 5.74. The van der Waals surface area contributed by atoms with Gasteiger partial charge in [-0.25, -0.2) is 0 Å². The zero-order valence-corrected chi connectivity index (χ0v) is 10.5. The molecule has 0 fully saturated rings. The molecular weight excluding hydrogens is 285 g/mol. The molecule has 0 aliphatic rings. The van der Waals surface area contributed by atoms with Gasteiger partial charge in [0.25, 0.3) is 5.91 Å². The van der Waals surface area contributed by atoms with E-state index in [0.717, 1.165) is 12.1 Å². The summed E-state index contributed by atoms with van der Waals surface area (Å²) in [5, 5.41) is 2.47. The Balaban J connectivity index is 2.11. The first-order chi connectivity index (χ1) is 9.90. The highest BCUT2D eigenvalue weighted by Gasteiger charge is 2.30. The summed E-state index contributed by atoms with van der Waals surface area (Å²) in [6.45, 7) is 0. The molecule has 0 unspecified atom stereocenters. The van der Waals surface area contributed by atoms with Crippen molar-refractivity contribution in [2.75, 3.05) is 5.32 Å². The van der Waals surface area contributed by atoms with Crippen LogP contribution in [0.1, 0.15) is 26.4 Å². The van der Waals surface area contributed by atoms with Gasteiger partial charge in [-0.05, 0) is 36.4 Å². The molecule has 1 aromatic carbocycles. The number of pyridine rings is 1. The van der Waals surface area contributed by atoms with Crippen LogP contribution in [0.2, 0.25) is 0 Å². The summed E-state index contributed by atoms with van der Waals surface area (Å²) in [5.74, 6) is -0.637. The molecule has 0 saturated heterocycles. The largest absolute Gasteiger partial charge is 0.417 e. The van der Waals surface area contributed by atoms with E-state index >= 15 is 0 Å². The molecule has 1 heterocycles. The number of carbonyl (C=O) groups is 2. The number of anilines is 1. The first-order valence-electron chi connectivity index (χ1n) is 5.80. The lowest BCUT2D eigenvalue weighted by Crippen LogP contribution is -2.14. The quantitative estimate of drug-likeness (QED) is 0.885. The van der Waals surface area contributed by atoms with Gasteiger partial charge in [-0.1, -0.05) is 0 Å². The highest BCUT2D eigenvalue weighted by atomic mass is 19.4. The molecule has 1 N–H and O–H groups in total. The molecular formula is C14H9F3N2O2. The lowest BCUT2D eigenvalue weighted by atomic mass is 10.2. The number of halogens is 3. The third-order valence-electron chi connectivity index (χ3n) is 2.63. The summed E-state index contributed by atoms with van der Waals surface area (Å²) in [6, 6.07) is 7.80. The van der Waals surface area contributed by atoms with E-state index in [0.29, 0.717) is 23.7 Å². The van der Waals surface area contributed by atoms with E-state index in [1.165, 1.54) is 24.3 Å². The van der Waals surface area contributed by atoms with Crippen LogP contribution in [0.15, 0.2) is 42.6 Å². The first kappa shape index (κ1) is 14.7. The normalized spacial score (nSPS) is 11.0. The van der Waals surface area contributed by atoms with Crippen LogP contribution in [0, 0.1) is 0 Å². The SMILES string of the molecule is O=Cc1ccc(NC(=O)c2ccc(C(F)(F)F)cn2)cc1. The fourth-order valence-corrected chi connectivity index (χ4v) is 1.54. The van der Waals surface area contributed by atoms with Crippen molar-refractivity contribution in [3.63, 3.8) is 0 Å². The molecule has 21 heavy (non-hydrogen) atoms. The highest BCUT2D eigenvalue weighted by Crippen LogP contribution is 2.28. The van der Waals surface area contributed by atoms with Crippen LogP contribution in [0.5, 0.6) is 0 Å². The van der Waals surface area contributed by atoms with Crippen LogP contribution in [-0.4, -0.2) is 17.2 Å². The van der Waals surface area contributed by atoms with Crippen LogP contribution in [0.4, 0.5) is 18.9 Å². The number of aromatic nitrogens is 1. The Morgan fingerprint density at radius 1 is 1.10 bits per heavy atom. The van der Waals surface area contributed by atoms with Crippen molar-refractivity contribution in [2.24, 2.45) is 0 Å². The van der Waals surface area contributed by atoms with Gasteiger partial charge in [-0.15, -0.1) is 0 Å². The number of rotatable bonds is 3. The van der Waals surface area contributed by atoms with E-state index in [1.807, 2.05) is 0 Å². The van der Waals surface area contributed by atoms with E-state index < -0.39 is 17.6 Å². The predicted molar refractivity (Wildman–Crippen MR) is 69.0 cm³/mol. The number of alkyl halides is 3. The van der Waals surface area contributed by atoms with Crippen molar-refractivity contribution in [2.45, 2.75) is 6.18 Å². The van der Waals surface area contributed by atoms with E-state index in [2.05, 4.69) is 10.3 Å². The van der Waals surface area contributed by atoms with Crippen LogP contribution >= 0.6 is 0 Å². The van der Waals surface area contributed by atoms with Crippen molar-refractivity contribution >= 4 is 17.9 Å². The minimum Gasteiger partial charge on any atom is -0.321 e. The number of nitrogens with zero attached hydrogens (tertiary/aromatic N) is 1. The van der Waals surface area contributed by atoms with Crippen LogP contribution in [0.25, 0.3) is 0 Å². The second-order valence-corrected chi connectivity index (χ2v) is 4.12. The smallest absolute Gasteiger partial charge is 0.321 e. The van der Waals surface area contributed by atoms with Gasteiger partial charge in [0.05, 0.1) is 5.56 Å². The molecule has 0 spiro atoms. The maximum absolute atomic E-state index is 12.4. The third-order valence-corrected chi connectivity index (χ3v) is 2.63. The summed E-state index contributed by atoms with van der Waals surface area (Å²) >= 11 is 0. The van der Waals surface area contributed by atoms with Gasteiger partial charge in [0, 0.05) is 17.4 Å². The molecule has 1 amide bonds.